The van der Waals surface area contributed by atoms with Gasteiger partial charge in [-0.05, 0) is 34.1 Å². The van der Waals surface area contributed by atoms with Gasteiger partial charge in [0.05, 0.1) is 21.7 Å². The molecular formula is C13H9BrN4O. The fraction of sp³-hybridized carbons (Fsp3) is 0.0769. The van der Waals surface area contributed by atoms with Gasteiger partial charge in [-0.2, -0.15) is 5.10 Å². The molecule has 3 rings (SSSR count). The maximum absolute atomic E-state index is 12.5. The summed E-state index contributed by atoms with van der Waals surface area (Å²) in [6, 6.07) is 5.28. The summed E-state index contributed by atoms with van der Waals surface area (Å²) in [7, 11) is 1.73. The number of hydrogen-bond acceptors (Lipinski definition) is 4. The van der Waals surface area contributed by atoms with Gasteiger partial charge >= 0.3 is 0 Å². The van der Waals surface area contributed by atoms with E-state index in [0.717, 1.165) is 5.52 Å². The van der Waals surface area contributed by atoms with E-state index >= 15 is 0 Å². The molecule has 0 saturated carbocycles. The molecule has 0 radical (unpaired) electrons. The van der Waals surface area contributed by atoms with Gasteiger partial charge in [0.15, 0.2) is 0 Å². The van der Waals surface area contributed by atoms with Crippen LogP contribution >= 0.6 is 15.9 Å². The number of aromatic nitrogens is 4. The lowest BCUT2D eigenvalue weighted by Gasteiger charge is -2.03. The highest BCUT2D eigenvalue weighted by molar-refractivity contribution is 9.10. The van der Waals surface area contributed by atoms with Crippen molar-refractivity contribution < 1.29 is 4.79 Å². The molecule has 6 heteroatoms. The molecule has 0 bridgehead atoms. The second-order valence-electron chi connectivity index (χ2n) is 4.05. The number of fused-ring (bicyclic) bond motifs is 1. The minimum atomic E-state index is -0.0978. The van der Waals surface area contributed by atoms with Gasteiger partial charge in [0.2, 0.25) is 5.78 Å². The van der Waals surface area contributed by atoms with Crippen molar-refractivity contribution in [3.63, 3.8) is 0 Å². The number of aryl methyl sites for hydroxylation is 1. The molecule has 0 spiro atoms. The number of halogens is 1. The normalized spacial score (nSPS) is 10.8. The zero-order chi connectivity index (χ0) is 13.4. The largest absolute Gasteiger partial charge is 0.287 e. The molecule has 0 N–H and O–H groups in total. The summed E-state index contributed by atoms with van der Waals surface area (Å²) in [4.78, 5) is 20.8. The summed E-state index contributed by atoms with van der Waals surface area (Å²) in [6.45, 7) is 0. The van der Waals surface area contributed by atoms with Gasteiger partial charge in [-0.3, -0.25) is 19.4 Å². The van der Waals surface area contributed by atoms with E-state index in [-0.39, 0.29) is 5.78 Å². The van der Waals surface area contributed by atoms with Crippen LogP contribution in [0.3, 0.4) is 0 Å². The molecule has 3 aromatic rings. The number of hydrogen-bond donors (Lipinski definition) is 0. The van der Waals surface area contributed by atoms with Crippen molar-refractivity contribution in [2.24, 2.45) is 7.05 Å². The van der Waals surface area contributed by atoms with E-state index in [1.807, 2.05) is 0 Å². The van der Waals surface area contributed by atoms with Crippen molar-refractivity contribution in [2.45, 2.75) is 0 Å². The molecule has 0 saturated heterocycles. The zero-order valence-corrected chi connectivity index (χ0v) is 11.6. The monoisotopic (exact) mass is 316 g/mol. The van der Waals surface area contributed by atoms with E-state index in [0.29, 0.717) is 21.2 Å². The molecule has 1 aromatic carbocycles. The first-order valence-electron chi connectivity index (χ1n) is 5.60. The number of ketones is 1. The van der Waals surface area contributed by atoms with Crippen LogP contribution in [0.1, 0.15) is 16.1 Å². The fourth-order valence-electron chi connectivity index (χ4n) is 1.91. The Bertz CT molecular complexity index is 762. The van der Waals surface area contributed by atoms with Crippen molar-refractivity contribution in [1.82, 2.24) is 19.7 Å². The second-order valence-corrected chi connectivity index (χ2v) is 4.91. The molecule has 0 unspecified atom stereocenters. The van der Waals surface area contributed by atoms with E-state index in [2.05, 4.69) is 31.0 Å². The topological polar surface area (TPSA) is 60.7 Å². The summed E-state index contributed by atoms with van der Waals surface area (Å²) in [5, 5.41) is 4.05. The Labute approximate surface area is 117 Å². The molecule has 0 amide bonds. The van der Waals surface area contributed by atoms with Gasteiger partial charge < -0.3 is 0 Å². The van der Waals surface area contributed by atoms with Crippen molar-refractivity contribution >= 4 is 32.7 Å². The maximum Gasteiger partial charge on any atom is 0.212 e. The van der Waals surface area contributed by atoms with Gasteiger partial charge in [0.25, 0.3) is 0 Å². The molecule has 5 nitrogen and oxygen atoms in total. The van der Waals surface area contributed by atoms with Crippen LogP contribution in [-0.4, -0.2) is 25.5 Å². The van der Waals surface area contributed by atoms with E-state index in [1.165, 1.54) is 0 Å². The molecule has 0 fully saturated rings. The Morgan fingerprint density at radius 1 is 1.21 bits per heavy atom. The van der Waals surface area contributed by atoms with Gasteiger partial charge in [-0.1, -0.05) is 0 Å². The van der Waals surface area contributed by atoms with Crippen molar-refractivity contribution in [3.8, 4) is 0 Å². The highest BCUT2D eigenvalue weighted by atomic mass is 79.9. The van der Waals surface area contributed by atoms with Crippen LogP contribution < -0.4 is 0 Å². The second kappa shape index (κ2) is 4.55. The molecule has 2 heterocycles. The smallest absolute Gasteiger partial charge is 0.212 e. The average molecular weight is 317 g/mol. The minimum absolute atomic E-state index is 0.0978. The molecule has 0 aliphatic heterocycles. The Balaban J connectivity index is 2.12. The van der Waals surface area contributed by atoms with Crippen LogP contribution in [-0.2, 0) is 7.05 Å². The lowest BCUT2D eigenvalue weighted by atomic mass is 10.1. The highest BCUT2D eigenvalue weighted by Gasteiger charge is 2.17. The van der Waals surface area contributed by atoms with E-state index in [1.54, 1.807) is 48.5 Å². The fourth-order valence-corrected chi connectivity index (χ4v) is 2.44. The molecule has 2 aromatic heterocycles. The van der Waals surface area contributed by atoms with Crippen LogP contribution in [0.4, 0.5) is 0 Å². The molecular weight excluding hydrogens is 308 g/mol. The van der Waals surface area contributed by atoms with Gasteiger partial charge in [0, 0.05) is 25.0 Å². The number of carbonyl (C=O) groups excluding carboxylic acids is 1. The van der Waals surface area contributed by atoms with E-state index in [9.17, 15) is 4.79 Å². The standard InChI is InChI=1S/C13H9BrN4O/c1-18-12(9(14)7-17-18)13(19)8-2-3-10-11(6-8)16-5-4-15-10/h2-7H,1H3. The first kappa shape index (κ1) is 12.0. The quantitative estimate of drug-likeness (QED) is 0.681. The summed E-state index contributed by atoms with van der Waals surface area (Å²) >= 11 is 3.33. The Morgan fingerprint density at radius 3 is 2.63 bits per heavy atom. The maximum atomic E-state index is 12.5. The Hall–Kier alpha value is -2.08. The SMILES string of the molecule is Cn1ncc(Br)c1C(=O)c1ccc2nccnc2c1. The average Bonchev–Trinajstić information content (AvgIpc) is 2.77. The minimum Gasteiger partial charge on any atom is -0.287 e. The first-order chi connectivity index (χ1) is 9.16. The van der Waals surface area contributed by atoms with Crippen LogP contribution in [0, 0.1) is 0 Å². The van der Waals surface area contributed by atoms with E-state index < -0.39 is 0 Å². The van der Waals surface area contributed by atoms with Crippen molar-refractivity contribution in [1.29, 1.82) is 0 Å². The zero-order valence-electron chi connectivity index (χ0n) is 10.0. The number of carbonyl (C=O) groups is 1. The highest BCUT2D eigenvalue weighted by Crippen LogP contribution is 2.20. The van der Waals surface area contributed by atoms with Gasteiger partial charge in [-0.15, -0.1) is 0 Å². The number of rotatable bonds is 2. The van der Waals surface area contributed by atoms with Crippen LogP contribution in [0.15, 0.2) is 41.3 Å². The molecule has 0 aliphatic rings. The Morgan fingerprint density at radius 2 is 1.95 bits per heavy atom. The van der Waals surface area contributed by atoms with Crippen LogP contribution in [0.5, 0.6) is 0 Å². The molecule has 0 aliphatic carbocycles. The molecule has 19 heavy (non-hydrogen) atoms. The lowest BCUT2D eigenvalue weighted by Crippen LogP contribution is -2.09. The van der Waals surface area contributed by atoms with E-state index in [4.69, 9.17) is 0 Å². The third-order valence-corrected chi connectivity index (χ3v) is 3.42. The Kier molecular flexibility index (Phi) is 2.87. The first-order valence-corrected chi connectivity index (χ1v) is 6.39. The van der Waals surface area contributed by atoms with Crippen LogP contribution in [0.25, 0.3) is 11.0 Å². The lowest BCUT2D eigenvalue weighted by molar-refractivity contribution is 0.102. The summed E-state index contributed by atoms with van der Waals surface area (Å²) < 4.78 is 2.23. The third-order valence-electron chi connectivity index (χ3n) is 2.84. The third kappa shape index (κ3) is 2.04. The summed E-state index contributed by atoms with van der Waals surface area (Å²) in [5.41, 5.74) is 2.55. The predicted octanol–water partition coefficient (Wildman–Crippen LogP) is 2.36. The molecule has 0 atom stereocenters. The number of nitrogens with zero attached hydrogens (tertiary/aromatic N) is 4. The van der Waals surface area contributed by atoms with Gasteiger partial charge in [-0.25, -0.2) is 0 Å². The summed E-state index contributed by atoms with van der Waals surface area (Å²) in [6.07, 6.45) is 4.84. The predicted molar refractivity (Wildman–Crippen MR) is 73.9 cm³/mol. The molecule has 94 valence electrons. The summed E-state index contributed by atoms with van der Waals surface area (Å²) in [5.74, 6) is -0.0978. The van der Waals surface area contributed by atoms with Gasteiger partial charge in [0.1, 0.15) is 5.69 Å². The van der Waals surface area contributed by atoms with Crippen molar-refractivity contribution in [3.05, 3.63) is 52.5 Å². The van der Waals surface area contributed by atoms with Crippen LogP contribution in [0.2, 0.25) is 0 Å². The number of benzene rings is 1. The van der Waals surface area contributed by atoms with Crippen molar-refractivity contribution in [2.75, 3.05) is 0 Å².